The molecule has 0 unspecified atom stereocenters. The standard InChI is InChI=1S/C13H11Br2NO/c14-7-12-5-6-13(8-16-12)17-9-10-1-3-11(15)4-2-10/h1-6,8H,7,9H2. The van der Waals surface area contributed by atoms with E-state index in [1.165, 1.54) is 0 Å². The molecule has 2 nitrogen and oxygen atoms in total. The number of hydrogen-bond donors (Lipinski definition) is 0. The normalized spacial score (nSPS) is 10.2. The summed E-state index contributed by atoms with van der Waals surface area (Å²) >= 11 is 6.76. The monoisotopic (exact) mass is 355 g/mol. The van der Waals surface area contributed by atoms with Gasteiger partial charge in [-0.3, -0.25) is 4.98 Å². The van der Waals surface area contributed by atoms with Gasteiger partial charge >= 0.3 is 0 Å². The first-order valence-electron chi connectivity index (χ1n) is 5.16. The first-order valence-corrected chi connectivity index (χ1v) is 7.07. The van der Waals surface area contributed by atoms with Gasteiger partial charge in [-0.1, -0.05) is 44.0 Å². The number of rotatable bonds is 4. The highest BCUT2D eigenvalue weighted by atomic mass is 79.9. The van der Waals surface area contributed by atoms with Crippen molar-refractivity contribution >= 4 is 31.9 Å². The van der Waals surface area contributed by atoms with Gasteiger partial charge in [0.1, 0.15) is 12.4 Å². The van der Waals surface area contributed by atoms with Gasteiger partial charge in [-0.15, -0.1) is 0 Å². The minimum absolute atomic E-state index is 0.558. The Kier molecular flexibility index (Phi) is 4.57. The first-order chi connectivity index (χ1) is 8.28. The van der Waals surface area contributed by atoms with Crippen LogP contribution in [0.1, 0.15) is 11.3 Å². The Bertz CT molecular complexity index is 468. The molecule has 2 aromatic rings. The van der Waals surface area contributed by atoms with Crippen molar-refractivity contribution in [3.8, 4) is 5.75 Å². The van der Waals surface area contributed by atoms with E-state index in [4.69, 9.17) is 4.74 Å². The molecule has 0 saturated carbocycles. The zero-order chi connectivity index (χ0) is 12.1. The fourth-order valence-electron chi connectivity index (χ4n) is 1.32. The minimum atomic E-state index is 0.558. The van der Waals surface area contributed by atoms with Crippen LogP contribution >= 0.6 is 31.9 Å². The number of halogens is 2. The molecular weight excluding hydrogens is 346 g/mol. The van der Waals surface area contributed by atoms with Crippen molar-refractivity contribution in [3.63, 3.8) is 0 Å². The van der Waals surface area contributed by atoms with E-state index in [1.807, 2.05) is 36.4 Å². The van der Waals surface area contributed by atoms with Crippen LogP contribution in [-0.2, 0) is 11.9 Å². The van der Waals surface area contributed by atoms with Crippen molar-refractivity contribution in [2.45, 2.75) is 11.9 Å². The summed E-state index contributed by atoms with van der Waals surface area (Å²) in [5.41, 5.74) is 2.14. The number of hydrogen-bond acceptors (Lipinski definition) is 2. The first kappa shape index (κ1) is 12.6. The van der Waals surface area contributed by atoms with Gasteiger partial charge in [-0.25, -0.2) is 0 Å². The van der Waals surface area contributed by atoms with Crippen LogP contribution in [0.25, 0.3) is 0 Å². The highest BCUT2D eigenvalue weighted by molar-refractivity contribution is 9.10. The molecule has 0 atom stereocenters. The second-order valence-corrected chi connectivity index (χ2v) is 5.01. The second kappa shape index (κ2) is 6.17. The van der Waals surface area contributed by atoms with Crippen molar-refractivity contribution in [2.24, 2.45) is 0 Å². The molecule has 0 spiro atoms. The van der Waals surface area contributed by atoms with Gasteiger partial charge in [0.05, 0.1) is 11.9 Å². The lowest BCUT2D eigenvalue weighted by Gasteiger charge is -2.06. The lowest BCUT2D eigenvalue weighted by Crippen LogP contribution is -1.96. The maximum Gasteiger partial charge on any atom is 0.138 e. The molecule has 0 N–H and O–H groups in total. The number of ether oxygens (including phenoxy) is 1. The third-order valence-electron chi connectivity index (χ3n) is 2.25. The highest BCUT2D eigenvalue weighted by Crippen LogP contribution is 2.15. The van der Waals surface area contributed by atoms with Crippen molar-refractivity contribution < 1.29 is 4.74 Å². The molecule has 2 rings (SSSR count). The quantitative estimate of drug-likeness (QED) is 0.761. The second-order valence-electron chi connectivity index (χ2n) is 3.53. The van der Waals surface area contributed by atoms with Gasteiger partial charge in [0.25, 0.3) is 0 Å². The Morgan fingerprint density at radius 2 is 1.82 bits per heavy atom. The number of nitrogens with zero attached hydrogens (tertiary/aromatic N) is 1. The molecule has 0 saturated heterocycles. The molecule has 0 radical (unpaired) electrons. The number of pyridine rings is 1. The molecule has 1 heterocycles. The lowest BCUT2D eigenvalue weighted by atomic mass is 10.2. The number of aromatic nitrogens is 1. The zero-order valence-corrected chi connectivity index (χ0v) is 12.2. The molecule has 0 fully saturated rings. The van der Waals surface area contributed by atoms with Crippen molar-refractivity contribution in [3.05, 3.63) is 58.3 Å². The Morgan fingerprint density at radius 3 is 2.41 bits per heavy atom. The summed E-state index contributed by atoms with van der Waals surface area (Å²) < 4.78 is 6.71. The molecule has 0 aliphatic rings. The van der Waals surface area contributed by atoms with Gasteiger partial charge < -0.3 is 4.74 Å². The van der Waals surface area contributed by atoms with Gasteiger partial charge in [-0.05, 0) is 29.8 Å². The molecule has 0 aliphatic heterocycles. The van der Waals surface area contributed by atoms with Gasteiger partial charge in [-0.2, -0.15) is 0 Å². The Balaban J connectivity index is 1.95. The summed E-state index contributed by atoms with van der Waals surface area (Å²) in [7, 11) is 0. The van der Waals surface area contributed by atoms with Crippen LogP contribution in [0.4, 0.5) is 0 Å². The third-order valence-corrected chi connectivity index (χ3v) is 3.36. The predicted octanol–water partition coefficient (Wildman–Crippen LogP) is 4.32. The van der Waals surface area contributed by atoms with Crippen molar-refractivity contribution in [1.29, 1.82) is 0 Å². The highest BCUT2D eigenvalue weighted by Gasteiger charge is 1.97. The summed E-state index contributed by atoms with van der Waals surface area (Å²) in [6, 6.07) is 12.0. The SMILES string of the molecule is BrCc1ccc(OCc2ccc(Br)cc2)cn1. The molecule has 0 aliphatic carbocycles. The minimum Gasteiger partial charge on any atom is -0.487 e. The van der Waals surface area contributed by atoms with Crippen LogP contribution in [-0.4, -0.2) is 4.98 Å². The third kappa shape index (κ3) is 3.82. The van der Waals surface area contributed by atoms with Crippen molar-refractivity contribution in [1.82, 2.24) is 4.98 Å². The Hall–Kier alpha value is -0.870. The zero-order valence-electron chi connectivity index (χ0n) is 9.07. The molecule has 88 valence electrons. The van der Waals surface area contributed by atoms with Crippen LogP contribution < -0.4 is 4.74 Å². The van der Waals surface area contributed by atoms with E-state index in [-0.39, 0.29) is 0 Å². The molecular formula is C13H11Br2NO. The van der Waals surface area contributed by atoms with Crippen molar-refractivity contribution in [2.75, 3.05) is 0 Å². The van der Waals surface area contributed by atoms with E-state index in [1.54, 1.807) is 6.20 Å². The average molecular weight is 357 g/mol. The summed E-state index contributed by atoms with van der Waals surface area (Å²) in [5, 5.41) is 0.764. The molecule has 1 aromatic carbocycles. The molecule has 0 bridgehead atoms. The van der Waals surface area contributed by atoms with E-state index < -0.39 is 0 Å². The smallest absolute Gasteiger partial charge is 0.138 e. The summed E-state index contributed by atoms with van der Waals surface area (Å²) in [6.07, 6.45) is 1.75. The maximum atomic E-state index is 5.64. The molecule has 4 heteroatoms. The Labute approximate surface area is 117 Å². The Morgan fingerprint density at radius 1 is 1.06 bits per heavy atom. The average Bonchev–Trinajstić information content (AvgIpc) is 2.39. The van der Waals surface area contributed by atoms with Crippen LogP contribution in [0.15, 0.2) is 47.1 Å². The van der Waals surface area contributed by atoms with E-state index in [9.17, 15) is 0 Å². The summed E-state index contributed by atoms with van der Waals surface area (Å²) in [4.78, 5) is 4.24. The van der Waals surface area contributed by atoms with Crippen LogP contribution in [0.3, 0.4) is 0 Å². The largest absolute Gasteiger partial charge is 0.487 e. The molecule has 17 heavy (non-hydrogen) atoms. The van der Waals surface area contributed by atoms with Gasteiger partial charge in [0, 0.05) is 9.80 Å². The van der Waals surface area contributed by atoms with Crippen LogP contribution in [0.5, 0.6) is 5.75 Å². The molecule has 1 aromatic heterocycles. The summed E-state index contributed by atoms with van der Waals surface area (Å²) in [6.45, 7) is 0.558. The predicted molar refractivity (Wildman–Crippen MR) is 75.3 cm³/mol. The number of benzene rings is 1. The van der Waals surface area contributed by atoms with Gasteiger partial charge in [0.15, 0.2) is 0 Å². The van der Waals surface area contributed by atoms with Gasteiger partial charge in [0.2, 0.25) is 0 Å². The van der Waals surface area contributed by atoms with E-state index in [0.717, 1.165) is 26.8 Å². The van der Waals surface area contributed by atoms with E-state index in [0.29, 0.717) is 6.61 Å². The maximum absolute atomic E-state index is 5.64. The van der Waals surface area contributed by atoms with E-state index in [2.05, 4.69) is 36.8 Å². The van der Waals surface area contributed by atoms with Crippen LogP contribution in [0.2, 0.25) is 0 Å². The fourth-order valence-corrected chi connectivity index (χ4v) is 1.92. The van der Waals surface area contributed by atoms with E-state index >= 15 is 0 Å². The number of alkyl halides is 1. The molecule has 0 amide bonds. The van der Waals surface area contributed by atoms with Crippen LogP contribution in [0, 0.1) is 0 Å². The lowest BCUT2D eigenvalue weighted by molar-refractivity contribution is 0.305. The topological polar surface area (TPSA) is 22.1 Å². The fraction of sp³-hybridized carbons (Fsp3) is 0.154. The summed E-state index contributed by atoms with van der Waals surface area (Å²) in [5.74, 6) is 0.789.